The van der Waals surface area contributed by atoms with Gasteiger partial charge >= 0.3 is 0 Å². The van der Waals surface area contributed by atoms with Crippen molar-refractivity contribution in [2.24, 2.45) is 5.92 Å². The van der Waals surface area contributed by atoms with Crippen LogP contribution in [0.3, 0.4) is 0 Å². The molecule has 0 amide bonds. The van der Waals surface area contributed by atoms with Crippen LogP contribution in [0, 0.1) is 17.6 Å². The van der Waals surface area contributed by atoms with Crippen molar-refractivity contribution in [3.8, 4) is 0 Å². The molecule has 0 spiro atoms. The number of hydrogen-bond acceptors (Lipinski definition) is 2. The lowest BCUT2D eigenvalue weighted by Crippen LogP contribution is -2.14. The van der Waals surface area contributed by atoms with Gasteiger partial charge in [-0.25, -0.2) is 8.78 Å². The van der Waals surface area contributed by atoms with Gasteiger partial charge in [0.2, 0.25) is 0 Å². The Bertz CT molecular complexity index is 334. The van der Waals surface area contributed by atoms with Gasteiger partial charge in [-0.1, -0.05) is 6.07 Å². The molecule has 2 atom stereocenters. The fraction of sp³-hybridized carbons (Fsp3) is 0.455. The highest BCUT2D eigenvalue weighted by Crippen LogP contribution is 2.36. The number of ether oxygens (including phenoxy) is 1. The Kier molecular flexibility index (Phi) is 2.98. The highest BCUT2D eigenvalue weighted by molar-refractivity contribution is 5.23. The van der Waals surface area contributed by atoms with Crippen LogP contribution in [-0.2, 0) is 4.74 Å². The molecular weight excluding hydrogens is 202 g/mol. The van der Waals surface area contributed by atoms with Gasteiger partial charge in [-0.15, -0.1) is 0 Å². The number of benzene rings is 1. The van der Waals surface area contributed by atoms with E-state index in [9.17, 15) is 8.78 Å². The summed E-state index contributed by atoms with van der Waals surface area (Å²) in [4.78, 5) is 0. The second-order valence-corrected chi connectivity index (χ2v) is 3.66. The lowest BCUT2D eigenvalue weighted by molar-refractivity contribution is 0.0664. The van der Waals surface area contributed by atoms with Gasteiger partial charge in [0.1, 0.15) is 11.6 Å². The first-order chi connectivity index (χ1) is 7.24. The second kappa shape index (κ2) is 4.24. The molecule has 1 aliphatic rings. The van der Waals surface area contributed by atoms with Crippen LogP contribution in [0.25, 0.3) is 0 Å². The van der Waals surface area contributed by atoms with Crippen LogP contribution in [0.4, 0.5) is 8.78 Å². The van der Waals surface area contributed by atoms with Gasteiger partial charge in [0, 0.05) is 19.1 Å². The van der Waals surface area contributed by atoms with Crippen molar-refractivity contribution in [3.63, 3.8) is 0 Å². The van der Waals surface area contributed by atoms with Gasteiger partial charge in [0.25, 0.3) is 0 Å². The summed E-state index contributed by atoms with van der Waals surface area (Å²) in [5, 5.41) is 9.05. The number of aliphatic hydroxyl groups excluding tert-OH is 1. The van der Waals surface area contributed by atoms with Gasteiger partial charge in [0.15, 0.2) is 0 Å². The maximum atomic E-state index is 13.4. The fourth-order valence-electron chi connectivity index (χ4n) is 1.92. The Morgan fingerprint density at radius 1 is 1.33 bits per heavy atom. The zero-order valence-corrected chi connectivity index (χ0v) is 8.12. The summed E-state index contributed by atoms with van der Waals surface area (Å²) >= 11 is 0. The van der Waals surface area contributed by atoms with Gasteiger partial charge in [-0.2, -0.15) is 0 Å². The van der Waals surface area contributed by atoms with Crippen molar-refractivity contribution < 1.29 is 18.6 Å². The van der Waals surface area contributed by atoms with Crippen molar-refractivity contribution in [3.05, 3.63) is 35.4 Å². The number of rotatable bonds is 2. The lowest BCUT2D eigenvalue weighted by Gasteiger charge is -2.17. The van der Waals surface area contributed by atoms with Gasteiger partial charge in [-0.3, -0.25) is 0 Å². The van der Waals surface area contributed by atoms with E-state index in [1.54, 1.807) is 0 Å². The van der Waals surface area contributed by atoms with Crippen molar-refractivity contribution >= 4 is 0 Å². The van der Waals surface area contributed by atoms with Crippen LogP contribution >= 0.6 is 0 Å². The summed E-state index contributed by atoms with van der Waals surface area (Å²) < 4.78 is 32.1. The molecule has 1 N–H and O–H groups in total. The maximum Gasteiger partial charge on any atom is 0.131 e. The van der Waals surface area contributed by atoms with E-state index in [1.165, 1.54) is 18.2 Å². The predicted molar refractivity (Wildman–Crippen MR) is 50.2 cm³/mol. The molecule has 0 radical (unpaired) electrons. The molecule has 4 heteroatoms. The highest BCUT2D eigenvalue weighted by atomic mass is 19.1. The molecule has 82 valence electrons. The second-order valence-electron chi connectivity index (χ2n) is 3.66. The Labute approximate surface area is 86.5 Å². The maximum absolute atomic E-state index is 13.4. The molecule has 0 saturated carbocycles. The zero-order valence-electron chi connectivity index (χ0n) is 8.12. The molecule has 0 bridgehead atoms. The largest absolute Gasteiger partial charge is 0.396 e. The topological polar surface area (TPSA) is 29.5 Å². The minimum atomic E-state index is -0.656. The molecule has 2 rings (SSSR count). The third-order valence-corrected chi connectivity index (χ3v) is 2.73. The van der Waals surface area contributed by atoms with Crippen LogP contribution < -0.4 is 0 Å². The van der Waals surface area contributed by atoms with Crippen LogP contribution in [-0.4, -0.2) is 18.3 Å². The quantitative estimate of drug-likeness (QED) is 0.816. The SMILES string of the molecule is OCC1CCOC1c1c(F)cccc1F. The van der Waals surface area contributed by atoms with Crippen LogP contribution in [0.5, 0.6) is 0 Å². The van der Waals surface area contributed by atoms with E-state index in [-0.39, 0.29) is 18.1 Å². The third-order valence-electron chi connectivity index (χ3n) is 2.73. The van der Waals surface area contributed by atoms with E-state index >= 15 is 0 Å². The molecule has 1 aromatic rings. The average molecular weight is 214 g/mol. The lowest BCUT2D eigenvalue weighted by atomic mass is 9.95. The smallest absolute Gasteiger partial charge is 0.131 e. The normalized spacial score (nSPS) is 25.8. The first-order valence-corrected chi connectivity index (χ1v) is 4.90. The Hall–Kier alpha value is -1.00. The first-order valence-electron chi connectivity index (χ1n) is 4.90. The molecule has 1 aromatic carbocycles. The van der Waals surface area contributed by atoms with Crippen LogP contribution in [0.15, 0.2) is 18.2 Å². The summed E-state index contributed by atoms with van der Waals surface area (Å²) in [6.07, 6.45) is -0.0224. The summed E-state index contributed by atoms with van der Waals surface area (Å²) in [5.74, 6) is -1.43. The van der Waals surface area contributed by atoms with Crippen molar-refractivity contribution in [1.29, 1.82) is 0 Å². The minimum absolute atomic E-state index is 0.0611. The molecule has 2 unspecified atom stereocenters. The molecule has 0 aliphatic carbocycles. The monoisotopic (exact) mass is 214 g/mol. The van der Waals surface area contributed by atoms with Gasteiger partial charge in [-0.05, 0) is 18.6 Å². The first kappa shape index (κ1) is 10.5. The minimum Gasteiger partial charge on any atom is -0.396 e. The summed E-state index contributed by atoms with van der Waals surface area (Å²) in [6, 6.07) is 3.72. The predicted octanol–water partition coefficient (Wildman–Crippen LogP) is 2.03. The Morgan fingerprint density at radius 2 is 2.00 bits per heavy atom. The standard InChI is InChI=1S/C11H12F2O2/c12-8-2-1-3-9(13)10(8)11-7(6-14)4-5-15-11/h1-3,7,11,14H,4-6H2. The molecule has 1 fully saturated rings. The molecular formula is C11H12F2O2. The zero-order chi connectivity index (χ0) is 10.8. The number of hydrogen-bond donors (Lipinski definition) is 1. The molecule has 1 saturated heterocycles. The van der Waals surface area contributed by atoms with E-state index in [1.807, 2.05) is 0 Å². The van der Waals surface area contributed by atoms with E-state index in [0.29, 0.717) is 13.0 Å². The molecule has 1 aliphatic heterocycles. The van der Waals surface area contributed by atoms with Crippen molar-refractivity contribution in [2.45, 2.75) is 12.5 Å². The summed E-state index contributed by atoms with van der Waals surface area (Å²) in [6.45, 7) is 0.322. The molecule has 15 heavy (non-hydrogen) atoms. The van der Waals surface area contributed by atoms with Crippen LogP contribution in [0.1, 0.15) is 18.1 Å². The van der Waals surface area contributed by atoms with E-state index in [4.69, 9.17) is 9.84 Å². The van der Waals surface area contributed by atoms with Gasteiger partial charge < -0.3 is 9.84 Å². The fourth-order valence-corrected chi connectivity index (χ4v) is 1.92. The summed E-state index contributed by atoms with van der Waals surface area (Å²) in [5.41, 5.74) is -0.0611. The van der Waals surface area contributed by atoms with Crippen molar-refractivity contribution in [2.75, 3.05) is 13.2 Å². The molecule has 0 aromatic heterocycles. The average Bonchev–Trinajstić information content (AvgIpc) is 2.65. The van der Waals surface area contributed by atoms with E-state index in [2.05, 4.69) is 0 Å². The molecule has 2 nitrogen and oxygen atoms in total. The van der Waals surface area contributed by atoms with Crippen molar-refractivity contribution in [1.82, 2.24) is 0 Å². The highest BCUT2D eigenvalue weighted by Gasteiger charge is 2.33. The van der Waals surface area contributed by atoms with E-state index < -0.39 is 17.7 Å². The Morgan fingerprint density at radius 3 is 2.60 bits per heavy atom. The number of aliphatic hydroxyl groups is 1. The Balaban J connectivity index is 2.36. The van der Waals surface area contributed by atoms with Crippen LogP contribution in [0.2, 0.25) is 0 Å². The number of halogens is 2. The van der Waals surface area contributed by atoms with E-state index in [0.717, 1.165) is 0 Å². The summed E-state index contributed by atoms with van der Waals surface area (Å²) in [7, 11) is 0. The molecule has 1 heterocycles. The van der Waals surface area contributed by atoms with Gasteiger partial charge in [0.05, 0.1) is 11.7 Å². The third kappa shape index (κ3) is 1.87.